The van der Waals surface area contributed by atoms with E-state index < -0.39 is 23.7 Å². The molecular weight excluding hydrogens is 419 g/mol. The zero-order chi connectivity index (χ0) is 21.4. The monoisotopic (exact) mass is 437 g/mol. The van der Waals surface area contributed by atoms with E-state index in [4.69, 9.17) is 4.74 Å². The molecule has 2 aliphatic rings. The first kappa shape index (κ1) is 20.5. The summed E-state index contributed by atoms with van der Waals surface area (Å²) in [6.45, 7) is 0.420. The van der Waals surface area contributed by atoms with E-state index in [1.54, 1.807) is 41.8 Å². The molecule has 4 rings (SSSR count). The second kappa shape index (κ2) is 7.84. The third-order valence-corrected chi connectivity index (χ3v) is 5.84. The van der Waals surface area contributed by atoms with Crippen molar-refractivity contribution in [1.82, 2.24) is 10.2 Å². The lowest BCUT2D eigenvalue weighted by Crippen LogP contribution is -2.63. The van der Waals surface area contributed by atoms with E-state index in [1.807, 2.05) is 5.32 Å². The largest absolute Gasteiger partial charge is 0.442 e. The van der Waals surface area contributed by atoms with Gasteiger partial charge in [0.25, 0.3) is 11.8 Å². The zero-order valence-corrected chi connectivity index (χ0v) is 16.5. The van der Waals surface area contributed by atoms with E-state index in [2.05, 4.69) is 4.99 Å². The highest BCUT2D eigenvalue weighted by Gasteiger charge is 2.67. The Kier molecular flexibility index (Phi) is 5.37. The summed E-state index contributed by atoms with van der Waals surface area (Å²) in [5, 5.41) is 3.43. The molecule has 2 aromatic rings. The summed E-state index contributed by atoms with van der Waals surface area (Å²) in [4.78, 5) is 30.5. The molecule has 2 amide bonds. The smallest absolute Gasteiger partial charge is 0.376 e. The molecule has 0 radical (unpaired) electrons. The van der Waals surface area contributed by atoms with Gasteiger partial charge in [-0.15, -0.1) is 11.3 Å². The number of halogens is 3. The predicted molar refractivity (Wildman–Crippen MR) is 104 cm³/mol. The SMILES string of the molecule is O=C(NC1(C(F)(F)F)N=C(c2ccccc2)N(CC2CCCO2)C1=O)c1cccs1. The number of benzene rings is 1. The van der Waals surface area contributed by atoms with Crippen LogP contribution in [0.5, 0.6) is 0 Å². The molecule has 1 aromatic heterocycles. The van der Waals surface area contributed by atoms with Gasteiger partial charge >= 0.3 is 11.8 Å². The highest BCUT2D eigenvalue weighted by Crippen LogP contribution is 2.39. The Hall–Kier alpha value is -2.72. The van der Waals surface area contributed by atoms with Crippen LogP contribution < -0.4 is 5.32 Å². The number of amidine groups is 1. The number of hydrogen-bond donors (Lipinski definition) is 1. The maximum Gasteiger partial charge on any atom is 0.442 e. The number of nitrogens with zero attached hydrogens (tertiary/aromatic N) is 2. The van der Waals surface area contributed by atoms with Crippen molar-refractivity contribution in [2.45, 2.75) is 30.8 Å². The Bertz CT molecular complexity index is 957. The average molecular weight is 437 g/mol. The summed E-state index contributed by atoms with van der Waals surface area (Å²) in [5.74, 6) is -2.49. The normalized spacial score (nSPS) is 24.2. The number of amides is 2. The third kappa shape index (κ3) is 3.61. The van der Waals surface area contributed by atoms with Crippen molar-refractivity contribution < 1.29 is 27.5 Å². The number of carbonyl (C=O) groups is 2. The quantitative estimate of drug-likeness (QED) is 0.781. The second-order valence-corrected chi connectivity index (χ2v) is 7.94. The number of rotatable bonds is 5. The fourth-order valence-corrected chi connectivity index (χ4v) is 4.12. The van der Waals surface area contributed by atoms with Crippen LogP contribution in [-0.2, 0) is 9.53 Å². The van der Waals surface area contributed by atoms with Crippen molar-refractivity contribution in [1.29, 1.82) is 0 Å². The van der Waals surface area contributed by atoms with E-state index in [9.17, 15) is 22.8 Å². The maximum absolute atomic E-state index is 14.2. The molecule has 3 heterocycles. The molecule has 10 heteroatoms. The molecule has 2 unspecified atom stereocenters. The van der Waals surface area contributed by atoms with Gasteiger partial charge in [0, 0.05) is 12.2 Å². The second-order valence-electron chi connectivity index (χ2n) is 6.99. The number of carbonyl (C=O) groups excluding carboxylic acids is 2. The summed E-state index contributed by atoms with van der Waals surface area (Å²) in [5.41, 5.74) is -3.04. The van der Waals surface area contributed by atoms with E-state index in [0.29, 0.717) is 18.6 Å². The molecule has 1 N–H and O–H groups in total. The first-order valence-corrected chi connectivity index (χ1v) is 10.2. The van der Waals surface area contributed by atoms with Gasteiger partial charge in [0.2, 0.25) is 0 Å². The van der Waals surface area contributed by atoms with Crippen molar-refractivity contribution in [2.24, 2.45) is 4.99 Å². The van der Waals surface area contributed by atoms with Crippen molar-refractivity contribution in [3.05, 3.63) is 58.3 Å². The van der Waals surface area contributed by atoms with E-state index in [-0.39, 0.29) is 23.4 Å². The molecule has 6 nitrogen and oxygen atoms in total. The number of alkyl halides is 3. The van der Waals surface area contributed by atoms with Crippen LogP contribution in [-0.4, -0.2) is 53.6 Å². The average Bonchev–Trinajstić information content (AvgIpc) is 3.46. The standard InChI is InChI=1S/C20H18F3N3O3S/c21-20(22,23)19(25-17(27)15-9-5-11-30-15)18(28)26(12-14-8-4-10-29-14)16(24-19)13-6-2-1-3-7-13/h1-3,5-7,9,11,14H,4,8,10,12H2,(H,25,27). The summed E-state index contributed by atoms with van der Waals surface area (Å²) in [6, 6.07) is 11.1. The lowest BCUT2D eigenvalue weighted by atomic mass is 10.1. The number of aliphatic imine (C=N–C) groups is 1. The molecule has 1 aromatic carbocycles. The summed E-state index contributed by atoms with van der Waals surface area (Å²) in [6.07, 6.45) is -4.13. The minimum absolute atomic E-state index is 0.0560. The molecule has 0 saturated carbocycles. The first-order chi connectivity index (χ1) is 14.3. The third-order valence-electron chi connectivity index (χ3n) is 4.98. The van der Waals surface area contributed by atoms with Gasteiger partial charge in [-0.05, 0) is 24.3 Å². The number of hydrogen-bond acceptors (Lipinski definition) is 5. The van der Waals surface area contributed by atoms with Gasteiger partial charge in [0.15, 0.2) is 0 Å². The number of nitrogens with one attached hydrogen (secondary N) is 1. The molecule has 158 valence electrons. The Morgan fingerprint density at radius 1 is 1.27 bits per heavy atom. The lowest BCUT2D eigenvalue weighted by Gasteiger charge is -2.29. The van der Waals surface area contributed by atoms with Gasteiger partial charge in [-0.3, -0.25) is 14.5 Å². The molecule has 0 bridgehead atoms. The molecule has 2 atom stereocenters. The molecule has 30 heavy (non-hydrogen) atoms. The fourth-order valence-electron chi connectivity index (χ4n) is 3.50. The molecular formula is C20H18F3N3O3S. The van der Waals surface area contributed by atoms with Crippen molar-refractivity contribution >= 4 is 29.0 Å². The van der Waals surface area contributed by atoms with E-state index in [1.165, 1.54) is 6.07 Å². The minimum Gasteiger partial charge on any atom is -0.376 e. The molecule has 0 aliphatic carbocycles. The van der Waals surface area contributed by atoms with Gasteiger partial charge in [-0.2, -0.15) is 13.2 Å². The van der Waals surface area contributed by atoms with Crippen LogP contribution in [0.25, 0.3) is 0 Å². The van der Waals surface area contributed by atoms with Crippen molar-refractivity contribution in [3.8, 4) is 0 Å². The molecule has 1 fully saturated rings. The Labute approximate surface area is 174 Å². The molecule has 2 aliphatic heterocycles. The fraction of sp³-hybridized carbons (Fsp3) is 0.350. The first-order valence-electron chi connectivity index (χ1n) is 9.33. The Morgan fingerprint density at radius 3 is 2.63 bits per heavy atom. The highest BCUT2D eigenvalue weighted by atomic mass is 32.1. The zero-order valence-electron chi connectivity index (χ0n) is 15.7. The predicted octanol–water partition coefficient (Wildman–Crippen LogP) is 3.20. The highest BCUT2D eigenvalue weighted by molar-refractivity contribution is 7.12. The van der Waals surface area contributed by atoms with Crippen LogP contribution >= 0.6 is 11.3 Å². The number of thiophene rings is 1. The van der Waals surface area contributed by atoms with Gasteiger partial charge < -0.3 is 10.1 Å². The van der Waals surface area contributed by atoms with Crippen LogP contribution in [0.15, 0.2) is 52.8 Å². The van der Waals surface area contributed by atoms with Gasteiger partial charge in [-0.25, -0.2) is 4.99 Å². The molecule has 0 spiro atoms. The topological polar surface area (TPSA) is 71.0 Å². The summed E-state index contributed by atoms with van der Waals surface area (Å²) in [7, 11) is 0. The van der Waals surface area contributed by atoms with Crippen LogP contribution in [0.2, 0.25) is 0 Å². The Balaban J connectivity index is 1.77. The van der Waals surface area contributed by atoms with Crippen LogP contribution in [0.3, 0.4) is 0 Å². The van der Waals surface area contributed by atoms with E-state index in [0.717, 1.165) is 22.7 Å². The number of ether oxygens (including phenoxy) is 1. The molecule has 1 saturated heterocycles. The summed E-state index contributed by atoms with van der Waals surface area (Å²) >= 11 is 0.976. The van der Waals surface area contributed by atoms with E-state index >= 15 is 0 Å². The van der Waals surface area contributed by atoms with Crippen LogP contribution in [0.1, 0.15) is 28.1 Å². The van der Waals surface area contributed by atoms with Crippen molar-refractivity contribution in [3.63, 3.8) is 0 Å². The van der Waals surface area contributed by atoms with Crippen LogP contribution in [0.4, 0.5) is 13.2 Å². The van der Waals surface area contributed by atoms with Gasteiger partial charge in [0.1, 0.15) is 5.84 Å². The van der Waals surface area contributed by atoms with Crippen LogP contribution in [0, 0.1) is 0 Å². The van der Waals surface area contributed by atoms with Gasteiger partial charge in [0.05, 0.1) is 17.5 Å². The summed E-state index contributed by atoms with van der Waals surface area (Å²) < 4.78 is 48.3. The Morgan fingerprint density at radius 2 is 2.03 bits per heavy atom. The minimum atomic E-state index is -5.14. The maximum atomic E-state index is 14.2. The van der Waals surface area contributed by atoms with Crippen molar-refractivity contribution in [2.75, 3.05) is 13.2 Å². The van der Waals surface area contributed by atoms with Gasteiger partial charge in [-0.1, -0.05) is 36.4 Å². The lowest BCUT2D eigenvalue weighted by molar-refractivity contribution is -0.196.